The molecule has 25 heavy (non-hydrogen) atoms. The van der Waals surface area contributed by atoms with Crippen LogP contribution < -0.4 is 11.5 Å². The lowest BCUT2D eigenvalue weighted by Gasteiger charge is -2.08. The molecule has 0 saturated heterocycles. The molecular weight excluding hydrogens is 310 g/mol. The summed E-state index contributed by atoms with van der Waals surface area (Å²) >= 11 is 0. The molecule has 0 unspecified atom stereocenters. The molecule has 0 radical (unpaired) electrons. The van der Waals surface area contributed by atoms with Crippen LogP contribution in [0.5, 0.6) is 0 Å². The number of nitrogens with two attached hydrogens (primary N) is 2. The molecule has 1 heterocycles. The van der Waals surface area contributed by atoms with E-state index in [1.807, 2.05) is 61.5 Å². The van der Waals surface area contributed by atoms with Gasteiger partial charge in [-0.2, -0.15) is 0 Å². The number of aliphatic imine (C=N–C) groups is 2. The van der Waals surface area contributed by atoms with Gasteiger partial charge in [0.05, 0.1) is 34.7 Å². The Kier molecular flexibility index (Phi) is 4.57. The Morgan fingerprint density at radius 3 is 2.40 bits per heavy atom. The van der Waals surface area contributed by atoms with E-state index in [-0.39, 0.29) is 0 Å². The first-order chi connectivity index (χ1) is 12.1. The average molecular weight is 329 g/mol. The quantitative estimate of drug-likeness (QED) is 0.552. The monoisotopic (exact) mass is 329 g/mol. The average Bonchev–Trinajstić information content (AvgIpc) is 2.61. The molecule has 5 nitrogen and oxygen atoms in total. The van der Waals surface area contributed by atoms with Crippen molar-refractivity contribution in [3.63, 3.8) is 0 Å². The van der Waals surface area contributed by atoms with Gasteiger partial charge in [-0.15, -0.1) is 0 Å². The smallest absolute Gasteiger partial charge is 0.0865 e. The Balaban J connectivity index is 1.95. The van der Waals surface area contributed by atoms with Crippen molar-refractivity contribution in [2.24, 2.45) is 9.98 Å². The summed E-state index contributed by atoms with van der Waals surface area (Å²) in [7, 11) is 0. The zero-order chi connectivity index (χ0) is 17.8. The lowest BCUT2D eigenvalue weighted by atomic mass is 10.0. The van der Waals surface area contributed by atoms with Crippen molar-refractivity contribution in [3.8, 4) is 11.1 Å². The molecule has 1 aromatic heterocycles. The minimum absolute atomic E-state index is 0.582. The summed E-state index contributed by atoms with van der Waals surface area (Å²) in [5, 5.41) is 0. The summed E-state index contributed by atoms with van der Waals surface area (Å²) < 4.78 is 0. The van der Waals surface area contributed by atoms with Crippen LogP contribution in [0.15, 0.2) is 64.6 Å². The van der Waals surface area contributed by atoms with Gasteiger partial charge in [0.15, 0.2) is 0 Å². The van der Waals surface area contributed by atoms with E-state index in [0.29, 0.717) is 22.7 Å². The molecule has 0 saturated carbocycles. The topological polar surface area (TPSA) is 89.6 Å². The standard InChI is InChI=1S/C20H19N5/c1-13-4-3-5-16(25-13)12-24-20-11-15(6-8-17(20)21)14-7-9-19(23-2)18(22)10-14/h3-12H,2,21-22H2,1H3. The number of hydrogen-bond donors (Lipinski definition) is 2. The molecule has 0 spiro atoms. The maximum absolute atomic E-state index is 6.06. The largest absolute Gasteiger partial charge is 0.397 e. The van der Waals surface area contributed by atoms with E-state index in [0.717, 1.165) is 22.5 Å². The second-order valence-corrected chi connectivity index (χ2v) is 5.67. The van der Waals surface area contributed by atoms with Crippen LogP contribution in [0.3, 0.4) is 0 Å². The lowest BCUT2D eigenvalue weighted by Crippen LogP contribution is -1.91. The van der Waals surface area contributed by atoms with Crippen LogP contribution in [0, 0.1) is 6.92 Å². The number of hydrogen-bond acceptors (Lipinski definition) is 5. The van der Waals surface area contributed by atoms with Crippen LogP contribution in [-0.2, 0) is 0 Å². The van der Waals surface area contributed by atoms with Crippen molar-refractivity contribution in [2.45, 2.75) is 6.92 Å². The van der Waals surface area contributed by atoms with E-state index in [9.17, 15) is 0 Å². The Bertz CT molecular complexity index is 960. The molecule has 0 bridgehead atoms. The second-order valence-electron chi connectivity index (χ2n) is 5.67. The Labute approximate surface area is 146 Å². The number of aryl methyl sites for hydroxylation is 1. The minimum Gasteiger partial charge on any atom is -0.397 e. The van der Waals surface area contributed by atoms with Gasteiger partial charge in [-0.1, -0.05) is 18.2 Å². The van der Waals surface area contributed by atoms with E-state index in [4.69, 9.17) is 11.5 Å². The van der Waals surface area contributed by atoms with E-state index in [1.165, 1.54) is 0 Å². The number of anilines is 2. The van der Waals surface area contributed by atoms with Gasteiger partial charge in [0.2, 0.25) is 0 Å². The second kappa shape index (κ2) is 6.97. The van der Waals surface area contributed by atoms with Gasteiger partial charge in [-0.25, -0.2) is 0 Å². The van der Waals surface area contributed by atoms with Crippen molar-refractivity contribution in [3.05, 3.63) is 66.0 Å². The molecule has 4 N–H and O–H groups in total. The lowest BCUT2D eigenvalue weighted by molar-refractivity contribution is 1.19. The molecule has 5 heteroatoms. The summed E-state index contributed by atoms with van der Waals surface area (Å²) in [5.41, 5.74) is 18.3. The fraction of sp³-hybridized carbons (Fsp3) is 0.0500. The molecule has 0 aliphatic rings. The first-order valence-electron chi connectivity index (χ1n) is 7.80. The SMILES string of the molecule is C=Nc1ccc(-c2ccc(N)c(N=Cc3cccc(C)n3)c2)cc1N. The van der Waals surface area contributed by atoms with Crippen molar-refractivity contribution < 1.29 is 0 Å². The molecule has 0 fully saturated rings. The first kappa shape index (κ1) is 16.4. The molecule has 0 aliphatic carbocycles. The van der Waals surface area contributed by atoms with Gasteiger partial charge in [0.25, 0.3) is 0 Å². The molecule has 124 valence electrons. The molecule has 2 aromatic carbocycles. The van der Waals surface area contributed by atoms with E-state index >= 15 is 0 Å². The number of nitrogen functional groups attached to an aromatic ring is 2. The van der Waals surface area contributed by atoms with Crippen molar-refractivity contribution in [1.82, 2.24) is 4.98 Å². The van der Waals surface area contributed by atoms with Gasteiger partial charge in [-0.3, -0.25) is 15.0 Å². The van der Waals surface area contributed by atoms with E-state index in [1.54, 1.807) is 6.21 Å². The number of aromatic nitrogens is 1. The third kappa shape index (κ3) is 3.72. The zero-order valence-corrected chi connectivity index (χ0v) is 14.0. The van der Waals surface area contributed by atoms with Gasteiger partial charge in [-0.05, 0) is 61.2 Å². The predicted octanol–water partition coefficient (Wildman–Crippen LogP) is 4.30. The maximum atomic E-state index is 6.06. The third-order valence-electron chi connectivity index (χ3n) is 3.81. The highest BCUT2D eigenvalue weighted by molar-refractivity contribution is 5.84. The fourth-order valence-electron chi connectivity index (χ4n) is 2.48. The summed E-state index contributed by atoms with van der Waals surface area (Å²) in [5.74, 6) is 0. The van der Waals surface area contributed by atoms with Gasteiger partial charge in [0, 0.05) is 5.69 Å². The van der Waals surface area contributed by atoms with Gasteiger partial charge < -0.3 is 11.5 Å². The number of pyridine rings is 1. The summed E-state index contributed by atoms with van der Waals surface area (Å²) in [6.45, 7) is 5.45. The van der Waals surface area contributed by atoms with Gasteiger partial charge >= 0.3 is 0 Å². The van der Waals surface area contributed by atoms with Crippen LogP contribution in [0.2, 0.25) is 0 Å². The molecule has 0 amide bonds. The zero-order valence-electron chi connectivity index (χ0n) is 14.0. The highest BCUT2D eigenvalue weighted by Gasteiger charge is 2.05. The highest BCUT2D eigenvalue weighted by Crippen LogP contribution is 2.32. The van der Waals surface area contributed by atoms with Gasteiger partial charge in [0.1, 0.15) is 0 Å². The van der Waals surface area contributed by atoms with Crippen LogP contribution in [0.25, 0.3) is 11.1 Å². The van der Waals surface area contributed by atoms with Crippen LogP contribution >= 0.6 is 0 Å². The fourth-order valence-corrected chi connectivity index (χ4v) is 2.48. The Morgan fingerprint density at radius 1 is 0.920 bits per heavy atom. The Hall–Kier alpha value is -3.47. The molecule has 3 rings (SSSR count). The number of benzene rings is 2. The van der Waals surface area contributed by atoms with Crippen LogP contribution in [-0.4, -0.2) is 17.9 Å². The molecule has 0 aliphatic heterocycles. The molecule has 3 aromatic rings. The van der Waals surface area contributed by atoms with Crippen LogP contribution in [0.1, 0.15) is 11.4 Å². The van der Waals surface area contributed by atoms with Crippen molar-refractivity contribution in [1.29, 1.82) is 0 Å². The van der Waals surface area contributed by atoms with Crippen molar-refractivity contribution >= 4 is 35.7 Å². The van der Waals surface area contributed by atoms with E-state index < -0.39 is 0 Å². The predicted molar refractivity (Wildman–Crippen MR) is 106 cm³/mol. The number of rotatable bonds is 4. The normalized spacial score (nSPS) is 10.9. The maximum Gasteiger partial charge on any atom is 0.0865 e. The Morgan fingerprint density at radius 2 is 1.68 bits per heavy atom. The molecule has 0 atom stereocenters. The minimum atomic E-state index is 0.582. The highest BCUT2D eigenvalue weighted by atomic mass is 14.8. The number of nitrogens with zero attached hydrogens (tertiary/aromatic N) is 3. The van der Waals surface area contributed by atoms with Crippen LogP contribution in [0.4, 0.5) is 22.7 Å². The van der Waals surface area contributed by atoms with E-state index in [2.05, 4.69) is 21.7 Å². The summed E-state index contributed by atoms with van der Waals surface area (Å²) in [6.07, 6.45) is 1.71. The third-order valence-corrected chi connectivity index (χ3v) is 3.81. The summed E-state index contributed by atoms with van der Waals surface area (Å²) in [4.78, 5) is 12.8. The molecular formula is C20H19N5. The van der Waals surface area contributed by atoms with Crippen molar-refractivity contribution in [2.75, 3.05) is 11.5 Å². The summed E-state index contributed by atoms with van der Waals surface area (Å²) in [6, 6.07) is 17.1. The first-order valence-corrected chi connectivity index (χ1v) is 7.80.